The first-order valence-electron chi connectivity index (χ1n) is 10.0. The Morgan fingerprint density at radius 3 is 2.53 bits per heavy atom. The molecule has 6 nitrogen and oxygen atoms in total. The highest BCUT2D eigenvalue weighted by Gasteiger charge is 2.21. The molecule has 0 radical (unpaired) electrons. The Bertz CT molecular complexity index is 1080. The van der Waals surface area contributed by atoms with Gasteiger partial charge in [0, 0.05) is 12.6 Å². The van der Waals surface area contributed by atoms with Crippen LogP contribution in [0.15, 0.2) is 58.5 Å². The third-order valence-electron chi connectivity index (χ3n) is 5.08. The predicted molar refractivity (Wildman–Crippen MR) is 121 cm³/mol. The molecule has 3 aromatic rings. The molecule has 2 aromatic carbocycles. The summed E-state index contributed by atoms with van der Waals surface area (Å²) in [5.74, 6) is 0.674. The molecule has 1 heterocycles. The summed E-state index contributed by atoms with van der Waals surface area (Å²) in [5.41, 5.74) is 1.57. The number of carbonyl (C=O) groups excluding carboxylic acids is 1. The van der Waals surface area contributed by atoms with E-state index >= 15 is 0 Å². The molecule has 0 bridgehead atoms. The smallest absolute Gasteiger partial charge is 0.262 e. The third-order valence-corrected chi connectivity index (χ3v) is 6.15. The molecule has 158 valence electrons. The molecule has 0 saturated heterocycles. The van der Waals surface area contributed by atoms with Gasteiger partial charge in [-0.1, -0.05) is 43.0 Å². The second-order valence-electron chi connectivity index (χ2n) is 7.17. The molecule has 0 aliphatic carbocycles. The molecule has 1 aromatic heterocycles. The first-order valence-corrected chi connectivity index (χ1v) is 10.9. The zero-order valence-corrected chi connectivity index (χ0v) is 18.5. The van der Waals surface area contributed by atoms with E-state index in [0.717, 1.165) is 17.7 Å². The molecule has 0 spiro atoms. The zero-order chi connectivity index (χ0) is 21.7. The van der Waals surface area contributed by atoms with E-state index in [0.29, 0.717) is 22.6 Å². The molecule has 0 aliphatic rings. The Kier molecular flexibility index (Phi) is 7.15. The van der Waals surface area contributed by atoms with Crippen molar-refractivity contribution in [1.82, 2.24) is 14.9 Å². The molecular weight excluding hydrogens is 398 g/mol. The van der Waals surface area contributed by atoms with Crippen molar-refractivity contribution in [1.29, 1.82) is 0 Å². The number of carbonyl (C=O) groups is 1. The van der Waals surface area contributed by atoms with Gasteiger partial charge in [0.15, 0.2) is 5.16 Å². The summed E-state index contributed by atoms with van der Waals surface area (Å²) in [7, 11) is 1.62. The second kappa shape index (κ2) is 9.80. The van der Waals surface area contributed by atoms with Gasteiger partial charge in [-0.25, -0.2) is 4.98 Å². The van der Waals surface area contributed by atoms with Crippen LogP contribution in [0.4, 0.5) is 0 Å². The van der Waals surface area contributed by atoms with Crippen LogP contribution >= 0.6 is 11.8 Å². The van der Waals surface area contributed by atoms with Crippen molar-refractivity contribution in [3.05, 3.63) is 64.4 Å². The van der Waals surface area contributed by atoms with Crippen LogP contribution in [-0.2, 0) is 11.3 Å². The van der Waals surface area contributed by atoms with Crippen molar-refractivity contribution in [2.75, 3.05) is 7.11 Å². The summed E-state index contributed by atoms with van der Waals surface area (Å²) in [6.07, 6.45) is 0.797. The van der Waals surface area contributed by atoms with E-state index in [-0.39, 0.29) is 17.5 Å². The van der Waals surface area contributed by atoms with Gasteiger partial charge in [-0.3, -0.25) is 14.2 Å². The molecule has 0 aliphatic heterocycles. The quantitative estimate of drug-likeness (QED) is 0.433. The van der Waals surface area contributed by atoms with Crippen molar-refractivity contribution in [2.45, 2.75) is 50.2 Å². The maximum atomic E-state index is 13.1. The van der Waals surface area contributed by atoms with Crippen molar-refractivity contribution in [3.63, 3.8) is 0 Å². The lowest BCUT2D eigenvalue weighted by atomic mass is 10.2. The highest BCUT2D eigenvalue weighted by molar-refractivity contribution is 8.00. The highest BCUT2D eigenvalue weighted by atomic mass is 32.2. The Morgan fingerprint density at radius 1 is 1.17 bits per heavy atom. The number of fused-ring (bicyclic) bond motifs is 1. The molecule has 7 heteroatoms. The number of nitrogens with zero attached hydrogens (tertiary/aromatic N) is 2. The van der Waals surface area contributed by atoms with Crippen molar-refractivity contribution < 1.29 is 9.53 Å². The summed E-state index contributed by atoms with van der Waals surface area (Å²) < 4.78 is 6.86. The third kappa shape index (κ3) is 4.84. The molecule has 2 atom stereocenters. The number of ether oxygens (including phenoxy) is 1. The van der Waals surface area contributed by atoms with Crippen LogP contribution in [0.2, 0.25) is 0 Å². The lowest BCUT2D eigenvalue weighted by molar-refractivity contribution is -0.120. The molecule has 1 amide bonds. The largest absolute Gasteiger partial charge is 0.497 e. The predicted octanol–water partition coefficient (Wildman–Crippen LogP) is 4.17. The van der Waals surface area contributed by atoms with Gasteiger partial charge in [0.2, 0.25) is 5.91 Å². The number of aromatic nitrogens is 2. The Morgan fingerprint density at radius 2 is 1.87 bits per heavy atom. The number of rotatable bonds is 8. The van der Waals surface area contributed by atoms with Crippen LogP contribution in [-0.4, -0.2) is 27.8 Å². The van der Waals surface area contributed by atoms with Gasteiger partial charge in [-0.15, -0.1) is 0 Å². The first kappa shape index (κ1) is 21.9. The van der Waals surface area contributed by atoms with Crippen LogP contribution < -0.4 is 15.6 Å². The van der Waals surface area contributed by atoms with E-state index in [4.69, 9.17) is 9.72 Å². The topological polar surface area (TPSA) is 73.2 Å². The number of benzene rings is 2. The van der Waals surface area contributed by atoms with E-state index in [9.17, 15) is 9.59 Å². The average Bonchev–Trinajstić information content (AvgIpc) is 2.77. The summed E-state index contributed by atoms with van der Waals surface area (Å²) in [5, 5.41) is 3.72. The lowest BCUT2D eigenvalue weighted by Crippen LogP contribution is -2.32. The van der Waals surface area contributed by atoms with Gasteiger partial charge in [0.05, 0.1) is 23.3 Å². The minimum absolute atomic E-state index is 0.00772. The van der Waals surface area contributed by atoms with Crippen LogP contribution in [0.25, 0.3) is 10.9 Å². The number of thioether (sulfide) groups is 1. The first-order chi connectivity index (χ1) is 14.4. The molecule has 30 heavy (non-hydrogen) atoms. The monoisotopic (exact) mass is 425 g/mol. The van der Waals surface area contributed by atoms with Crippen LogP contribution in [0.3, 0.4) is 0 Å². The number of nitrogens with one attached hydrogen (secondary N) is 1. The van der Waals surface area contributed by atoms with Crippen molar-refractivity contribution in [3.8, 4) is 5.75 Å². The number of para-hydroxylation sites is 1. The number of hydrogen-bond donors (Lipinski definition) is 1. The summed E-state index contributed by atoms with van der Waals surface area (Å²) in [6.45, 7) is 6.29. The number of methoxy groups -OCH3 is 1. The molecule has 3 rings (SSSR count). The maximum Gasteiger partial charge on any atom is 0.262 e. The van der Waals surface area contributed by atoms with Crippen LogP contribution in [0.5, 0.6) is 5.75 Å². The van der Waals surface area contributed by atoms with Gasteiger partial charge in [-0.05, 0) is 50.1 Å². The number of amides is 1. The SMILES string of the molecule is CC[C@H](C)n1c(S[C@@H](C)C(=O)NCc2ccc(OC)cc2)nc2ccccc2c1=O. The molecule has 0 unspecified atom stereocenters. The standard InChI is InChI=1S/C23H27N3O3S/c1-5-15(2)26-22(28)19-8-6-7-9-20(19)25-23(26)30-16(3)21(27)24-14-17-10-12-18(29-4)13-11-17/h6-13,15-16H,5,14H2,1-4H3,(H,24,27)/t15-,16-/m0/s1. The second-order valence-corrected chi connectivity index (χ2v) is 8.48. The minimum Gasteiger partial charge on any atom is -0.497 e. The maximum absolute atomic E-state index is 13.1. The Labute approximate surface area is 180 Å². The summed E-state index contributed by atoms with van der Waals surface area (Å²) in [4.78, 5) is 30.4. The van der Waals surface area contributed by atoms with Gasteiger partial charge in [0.25, 0.3) is 5.56 Å². The van der Waals surface area contributed by atoms with Gasteiger partial charge >= 0.3 is 0 Å². The fourth-order valence-corrected chi connectivity index (χ4v) is 4.10. The highest BCUT2D eigenvalue weighted by Crippen LogP contribution is 2.26. The van der Waals surface area contributed by atoms with Crippen molar-refractivity contribution >= 4 is 28.6 Å². The van der Waals surface area contributed by atoms with E-state index < -0.39 is 5.25 Å². The fraction of sp³-hybridized carbons (Fsp3) is 0.348. The summed E-state index contributed by atoms with van der Waals surface area (Å²) >= 11 is 1.31. The minimum atomic E-state index is -0.397. The molecular formula is C23H27N3O3S. The Balaban J connectivity index is 1.78. The zero-order valence-electron chi connectivity index (χ0n) is 17.7. The van der Waals surface area contributed by atoms with E-state index in [1.165, 1.54) is 11.8 Å². The van der Waals surface area contributed by atoms with E-state index in [1.807, 2.05) is 63.2 Å². The van der Waals surface area contributed by atoms with E-state index in [1.54, 1.807) is 17.7 Å². The van der Waals surface area contributed by atoms with Crippen LogP contribution in [0, 0.1) is 0 Å². The summed E-state index contributed by atoms with van der Waals surface area (Å²) in [6, 6.07) is 14.9. The van der Waals surface area contributed by atoms with Gasteiger partial charge < -0.3 is 10.1 Å². The lowest BCUT2D eigenvalue weighted by Gasteiger charge is -2.20. The van der Waals surface area contributed by atoms with E-state index in [2.05, 4.69) is 5.32 Å². The average molecular weight is 426 g/mol. The molecule has 0 fully saturated rings. The van der Waals surface area contributed by atoms with Gasteiger partial charge in [0.1, 0.15) is 5.75 Å². The Hall–Kier alpha value is -2.80. The fourth-order valence-electron chi connectivity index (χ4n) is 3.07. The normalized spacial score (nSPS) is 13.1. The van der Waals surface area contributed by atoms with Crippen molar-refractivity contribution in [2.24, 2.45) is 0 Å². The van der Waals surface area contributed by atoms with Gasteiger partial charge in [-0.2, -0.15) is 0 Å². The van der Waals surface area contributed by atoms with Crippen LogP contribution in [0.1, 0.15) is 38.8 Å². The number of hydrogen-bond acceptors (Lipinski definition) is 5. The molecule has 0 saturated carbocycles. The molecule has 1 N–H and O–H groups in total.